The molecule has 2 heterocycles. The van der Waals surface area contributed by atoms with Crippen LogP contribution in [0.15, 0.2) is 40.5 Å². The standard InChI is InChI=1S/C16H9F2N3O2S/c17-11-4-3-9(6-12(11)18)8-21-16(23)10(7-19)15(22)14(20-21)13-2-1-5-24-13/h1-6,22H,8H2. The van der Waals surface area contributed by atoms with E-state index in [9.17, 15) is 18.7 Å². The third-order valence-electron chi connectivity index (χ3n) is 3.31. The molecule has 0 bridgehead atoms. The van der Waals surface area contributed by atoms with E-state index in [1.54, 1.807) is 23.6 Å². The Morgan fingerprint density at radius 3 is 2.71 bits per heavy atom. The fourth-order valence-corrected chi connectivity index (χ4v) is 2.87. The van der Waals surface area contributed by atoms with Crippen LogP contribution in [0.5, 0.6) is 5.75 Å². The van der Waals surface area contributed by atoms with Crippen molar-refractivity contribution in [1.29, 1.82) is 5.26 Å². The Balaban J connectivity index is 2.14. The normalized spacial score (nSPS) is 10.5. The Hall–Kier alpha value is -3.05. The molecule has 24 heavy (non-hydrogen) atoms. The molecular formula is C16H9F2N3O2S. The molecule has 1 N–H and O–H groups in total. The lowest BCUT2D eigenvalue weighted by Gasteiger charge is -2.10. The number of rotatable bonds is 3. The maximum atomic E-state index is 13.3. The lowest BCUT2D eigenvalue weighted by atomic mass is 10.2. The molecule has 0 unspecified atom stereocenters. The third-order valence-corrected chi connectivity index (χ3v) is 4.19. The quantitative estimate of drug-likeness (QED) is 0.792. The summed E-state index contributed by atoms with van der Waals surface area (Å²) in [7, 11) is 0. The molecule has 0 aliphatic carbocycles. The van der Waals surface area contributed by atoms with Crippen molar-refractivity contribution in [2.45, 2.75) is 6.54 Å². The van der Waals surface area contributed by atoms with Crippen molar-refractivity contribution in [1.82, 2.24) is 9.78 Å². The van der Waals surface area contributed by atoms with Crippen molar-refractivity contribution in [2.75, 3.05) is 0 Å². The zero-order chi connectivity index (χ0) is 17.3. The lowest BCUT2D eigenvalue weighted by Crippen LogP contribution is -2.26. The average Bonchev–Trinajstić information content (AvgIpc) is 3.08. The highest BCUT2D eigenvalue weighted by Gasteiger charge is 2.19. The molecule has 3 aromatic rings. The van der Waals surface area contributed by atoms with E-state index in [0.717, 1.165) is 16.8 Å². The molecule has 0 aliphatic rings. The largest absolute Gasteiger partial charge is 0.504 e. The highest BCUT2D eigenvalue weighted by atomic mass is 32.1. The van der Waals surface area contributed by atoms with Crippen LogP contribution in [0.1, 0.15) is 11.1 Å². The lowest BCUT2D eigenvalue weighted by molar-refractivity contribution is 0.463. The molecule has 1 aromatic carbocycles. The van der Waals surface area contributed by atoms with E-state index < -0.39 is 28.5 Å². The second-order valence-corrected chi connectivity index (χ2v) is 5.82. The molecule has 0 saturated carbocycles. The number of nitriles is 1. The summed E-state index contributed by atoms with van der Waals surface area (Å²) < 4.78 is 27.3. The maximum Gasteiger partial charge on any atom is 0.288 e. The van der Waals surface area contributed by atoms with E-state index >= 15 is 0 Å². The van der Waals surface area contributed by atoms with Crippen LogP contribution in [0.2, 0.25) is 0 Å². The van der Waals surface area contributed by atoms with Crippen LogP contribution in [-0.2, 0) is 6.54 Å². The first kappa shape index (κ1) is 15.8. The molecule has 120 valence electrons. The van der Waals surface area contributed by atoms with E-state index in [1.807, 2.05) is 0 Å². The zero-order valence-corrected chi connectivity index (χ0v) is 12.8. The average molecular weight is 345 g/mol. The predicted octanol–water partition coefficient (Wildman–Crippen LogP) is 2.88. The molecule has 0 spiro atoms. The smallest absolute Gasteiger partial charge is 0.288 e. The summed E-state index contributed by atoms with van der Waals surface area (Å²) in [6.45, 7) is -0.163. The number of benzene rings is 1. The molecule has 0 radical (unpaired) electrons. The van der Waals surface area contributed by atoms with Gasteiger partial charge in [0.1, 0.15) is 11.8 Å². The van der Waals surface area contributed by atoms with Crippen molar-refractivity contribution in [3.05, 3.63) is 68.8 Å². The van der Waals surface area contributed by atoms with Crippen molar-refractivity contribution >= 4 is 11.3 Å². The van der Waals surface area contributed by atoms with E-state index in [0.29, 0.717) is 10.4 Å². The van der Waals surface area contributed by atoms with Gasteiger partial charge in [0, 0.05) is 0 Å². The van der Waals surface area contributed by atoms with Crippen molar-refractivity contribution in [3.63, 3.8) is 0 Å². The van der Waals surface area contributed by atoms with Gasteiger partial charge in [-0.1, -0.05) is 12.1 Å². The molecule has 2 aromatic heterocycles. The van der Waals surface area contributed by atoms with Crippen LogP contribution >= 0.6 is 11.3 Å². The fraction of sp³-hybridized carbons (Fsp3) is 0.0625. The van der Waals surface area contributed by atoms with Gasteiger partial charge in [-0.25, -0.2) is 13.5 Å². The van der Waals surface area contributed by atoms with E-state index in [2.05, 4.69) is 5.10 Å². The third kappa shape index (κ3) is 2.77. The number of aromatic hydroxyl groups is 1. The summed E-state index contributed by atoms with van der Waals surface area (Å²) in [5, 5.41) is 25.1. The van der Waals surface area contributed by atoms with Gasteiger partial charge < -0.3 is 5.11 Å². The number of aromatic nitrogens is 2. The summed E-state index contributed by atoms with van der Waals surface area (Å²) in [5.41, 5.74) is -0.866. The maximum absolute atomic E-state index is 13.3. The van der Waals surface area contributed by atoms with Gasteiger partial charge in [0.25, 0.3) is 5.56 Å². The van der Waals surface area contributed by atoms with Gasteiger partial charge in [-0.05, 0) is 29.1 Å². The van der Waals surface area contributed by atoms with Crippen molar-refractivity contribution in [2.24, 2.45) is 0 Å². The topological polar surface area (TPSA) is 78.9 Å². The summed E-state index contributed by atoms with van der Waals surface area (Å²) >= 11 is 1.28. The minimum atomic E-state index is -1.04. The van der Waals surface area contributed by atoms with Gasteiger partial charge in [0.05, 0.1) is 11.4 Å². The number of thiophene rings is 1. The van der Waals surface area contributed by atoms with Gasteiger partial charge in [0.2, 0.25) is 0 Å². The second kappa shape index (κ2) is 6.22. The number of halogens is 2. The number of hydrogen-bond donors (Lipinski definition) is 1. The van der Waals surface area contributed by atoms with Crippen molar-refractivity contribution in [3.8, 4) is 22.4 Å². The van der Waals surface area contributed by atoms with Gasteiger partial charge in [-0.2, -0.15) is 10.4 Å². The summed E-state index contributed by atoms with van der Waals surface area (Å²) in [6.07, 6.45) is 0. The van der Waals surface area contributed by atoms with Gasteiger partial charge >= 0.3 is 0 Å². The Kier molecular flexibility index (Phi) is 4.10. The monoisotopic (exact) mass is 345 g/mol. The molecule has 5 nitrogen and oxygen atoms in total. The zero-order valence-electron chi connectivity index (χ0n) is 12.0. The summed E-state index contributed by atoms with van der Waals surface area (Å²) in [5.74, 6) is -2.54. The molecule has 0 saturated heterocycles. The van der Waals surface area contributed by atoms with Crippen LogP contribution in [0.25, 0.3) is 10.6 Å². The van der Waals surface area contributed by atoms with Gasteiger partial charge in [-0.15, -0.1) is 11.3 Å². The highest BCUT2D eigenvalue weighted by Crippen LogP contribution is 2.31. The Labute approximate surface area is 138 Å². The molecule has 8 heteroatoms. The Morgan fingerprint density at radius 2 is 2.08 bits per heavy atom. The summed E-state index contributed by atoms with van der Waals surface area (Å²) in [4.78, 5) is 12.8. The van der Waals surface area contributed by atoms with Crippen LogP contribution in [-0.4, -0.2) is 14.9 Å². The van der Waals surface area contributed by atoms with E-state index in [4.69, 9.17) is 5.26 Å². The first-order chi connectivity index (χ1) is 11.5. The van der Waals surface area contributed by atoms with E-state index in [1.165, 1.54) is 17.4 Å². The molecule has 0 atom stereocenters. The van der Waals surface area contributed by atoms with Crippen LogP contribution in [0.3, 0.4) is 0 Å². The van der Waals surface area contributed by atoms with Crippen LogP contribution < -0.4 is 5.56 Å². The minimum absolute atomic E-state index is 0.0868. The first-order valence-electron chi connectivity index (χ1n) is 6.73. The SMILES string of the molecule is N#Cc1c(O)c(-c2cccs2)nn(Cc2ccc(F)c(F)c2)c1=O. The van der Waals surface area contributed by atoms with E-state index in [-0.39, 0.29) is 12.2 Å². The molecule has 0 fully saturated rings. The fourth-order valence-electron chi connectivity index (χ4n) is 2.16. The number of hydrogen-bond acceptors (Lipinski definition) is 5. The highest BCUT2D eigenvalue weighted by molar-refractivity contribution is 7.13. The van der Waals surface area contributed by atoms with Crippen LogP contribution in [0, 0.1) is 23.0 Å². The Bertz CT molecular complexity index is 1010. The first-order valence-corrected chi connectivity index (χ1v) is 7.61. The Morgan fingerprint density at radius 1 is 1.29 bits per heavy atom. The molecule has 3 rings (SSSR count). The van der Waals surface area contributed by atoms with Gasteiger partial charge in [0.15, 0.2) is 22.9 Å². The van der Waals surface area contributed by atoms with Gasteiger partial charge in [-0.3, -0.25) is 4.79 Å². The molecule has 0 amide bonds. The second-order valence-electron chi connectivity index (χ2n) is 4.87. The minimum Gasteiger partial charge on any atom is -0.504 e. The summed E-state index contributed by atoms with van der Waals surface area (Å²) in [6, 6.07) is 8.29. The molecule has 0 aliphatic heterocycles. The van der Waals surface area contributed by atoms with Crippen LogP contribution in [0.4, 0.5) is 8.78 Å². The molecular weight excluding hydrogens is 336 g/mol. The van der Waals surface area contributed by atoms with Crippen molar-refractivity contribution < 1.29 is 13.9 Å². The predicted molar refractivity (Wildman–Crippen MR) is 83.6 cm³/mol. The number of nitrogens with zero attached hydrogens (tertiary/aromatic N) is 3.